The molecule has 0 saturated carbocycles. The van der Waals surface area contributed by atoms with E-state index in [9.17, 15) is 10.1 Å². The van der Waals surface area contributed by atoms with Gasteiger partial charge < -0.3 is 14.2 Å². The number of aryl methyl sites for hydroxylation is 1. The Morgan fingerprint density at radius 1 is 1.03 bits per heavy atom. The van der Waals surface area contributed by atoms with Gasteiger partial charge in [-0.1, -0.05) is 12.1 Å². The van der Waals surface area contributed by atoms with Crippen LogP contribution < -0.4 is 19.8 Å². The Balaban J connectivity index is 1.92. The summed E-state index contributed by atoms with van der Waals surface area (Å²) >= 11 is 0. The van der Waals surface area contributed by atoms with E-state index in [1.165, 1.54) is 7.11 Å². The predicted molar refractivity (Wildman–Crippen MR) is 115 cm³/mol. The van der Waals surface area contributed by atoms with Gasteiger partial charge in [0, 0.05) is 17.5 Å². The summed E-state index contributed by atoms with van der Waals surface area (Å²) in [6.45, 7) is 0.653. The molecular weight excluding hydrogens is 394 g/mol. The number of nitrogen functional groups attached to an aromatic ring is 1. The Morgan fingerprint density at radius 3 is 2.32 bits per heavy atom. The molecule has 0 unspecified atom stereocenters. The van der Waals surface area contributed by atoms with Crippen molar-refractivity contribution in [1.82, 2.24) is 0 Å². The van der Waals surface area contributed by atoms with Gasteiger partial charge in [-0.05, 0) is 41.5 Å². The van der Waals surface area contributed by atoms with Gasteiger partial charge in [-0.3, -0.25) is 5.73 Å². The minimum absolute atomic E-state index is 0.401. The minimum Gasteiger partial charge on any atom is -0.493 e. The molecule has 0 atom stereocenters. The van der Waals surface area contributed by atoms with Crippen LogP contribution in [0.4, 0.5) is 5.82 Å². The highest BCUT2D eigenvalue weighted by molar-refractivity contribution is 5.90. The Bertz CT molecular complexity index is 1230. The number of hydrogen-bond donors (Lipinski definition) is 1. The molecule has 2 aromatic carbocycles. The maximum absolute atomic E-state index is 11.8. The number of nitrogens with two attached hydrogens (primary N) is 1. The van der Waals surface area contributed by atoms with Gasteiger partial charge >= 0.3 is 5.97 Å². The lowest BCUT2D eigenvalue weighted by molar-refractivity contribution is -0.673. The van der Waals surface area contributed by atoms with Crippen LogP contribution in [0.15, 0.2) is 42.5 Å². The number of nitriles is 1. The largest absolute Gasteiger partial charge is 0.493 e. The fraction of sp³-hybridized carbons (Fsp3) is 0.208. The Kier molecular flexibility index (Phi) is 5.22. The minimum atomic E-state index is -0.414. The first-order valence-electron chi connectivity index (χ1n) is 9.72. The number of rotatable bonds is 4. The number of pyridine rings is 1. The number of carbonyl (C=O) groups is 1. The summed E-state index contributed by atoms with van der Waals surface area (Å²) in [5, 5.41) is 9.83. The third kappa shape index (κ3) is 3.32. The van der Waals surface area contributed by atoms with E-state index in [1.807, 2.05) is 22.8 Å². The zero-order chi connectivity index (χ0) is 22.1. The number of ether oxygens (including phenoxy) is 3. The van der Waals surface area contributed by atoms with Gasteiger partial charge in [0.25, 0.3) is 5.82 Å². The Labute approximate surface area is 180 Å². The lowest BCUT2D eigenvalue weighted by atomic mass is 9.92. The maximum Gasteiger partial charge on any atom is 0.337 e. The molecular formula is C24H22N3O4+. The lowest BCUT2D eigenvalue weighted by Crippen LogP contribution is -2.44. The quantitative estimate of drug-likeness (QED) is 0.518. The van der Waals surface area contributed by atoms with Crippen LogP contribution >= 0.6 is 0 Å². The monoisotopic (exact) mass is 416 g/mol. The molecule has 1 aromatic heterocycles. The van der Waals surface area contributed by atoms with Crippen LogP contribution in [-0.2, 0) is 17.7 Å². The van der Waals surface area contributed by atoms with Gasteiger partial charge in [-0.25, -0.2) is 9.36 Å². The van der Waals surface area contributed by atoms with Crippen LogP contribution in [0.1, 0.15) is 21.5 Å². The van der Waals surface area contributed by atoms with Crippen molar-refractivity contribution in [3.63, 3.8) is 0 Å². The summed E-state index contributed by atoms with van der Waals surface area (Å²) in [4.78, 5) is 11.8. The molecule has 3 aromatic rings. The second-order valence-corrected chi connectivity index (χ2v) is 7.15. The van der Waals surface area contributed by atoms with Crippen LogP contribution in [0.2, 0.25) is 0 Å². The number of benzene rings is 2. The number of fused-ring (bicyclic) bond motifs is 3. The van der Waals surface area contributed by atoms with Crippen molar-refractivity contribution in [3.05, 3.63) is 59.2 Å². The second-order valence-electron chi connectivity index (χ2n) is 7.15. The van der Waals surface area contributed by atoms with E-state index in [-0.39, 0.29) is 0 Å². The summed E-state index contributed by atoms with van der Waals surface area (Å²) in [6, 6.07) is 15.1. The molecule has 2 N–H and O–H groups in total. The second kappa shape index (κ2) is 8.00. The first-order chi connectivity index (χ1) is 15.0. The summed E-state index contributed by atoms with van der Waals surface area (Å²) in [5.41, 5.74) is 11.8. The van der Waals surface area contributed by atoms with Gasteiger partial charge in [0.05, 0.1) is 33.4 Å². The standard InChI is InChI=1S/C24H21N3O4/c1-29-21-10-16-8-9-27-20(18(16)12-22(21)30-2)11-17(19(13-25)23(27)26)14-4-6-15(7-5-14)24(28)31-3/h4-7,10-12,26H,8-9H2,1-3H3/p+1. The zero-order valence-corrected chi connectivity index (χ0v) is 17.6. The molecule has 0 bridgehead atoms. The van der Waals surface area contributed by atoms with Crippen molar-refractivity contribution < 1.29 is 23.6 Å². The number of anilines is 1. The zero-order valence-electron chi connectivity index (χ0n) is 17.6. The van der Waals surface area contributed by atoms with Crippen molar-refractivity contribution in [2.75, 3.05) is 27.1 Å². The number of carbonyl (C=O) groups excluding carboxylic acids is 1. The highest BCUT2D eigenvalue weighted by atomic mass is 16.5. The first-order valence-corrected chi connectivity index (χ1v) is 9.72. The fourth-order valence-corrected chi connectivity index (χ4v) is 4.00. The van der Waals surface area contributed by atoms with Gasteiger partial charge in [0.1, 0.15) is 17.3 Å². The van der Waals surface area contributed by atoms with Crippen molar-refractivity contribution in [3.8, 4) is 40.0 Å². The average Bonchev–Trinajstić information content (AvgIpc) is 2.82. The molecule has 7 nitrogen and oxygen atoms in total. The number of hydrogen-bond acceptors (Lipinski definition) is 6. The fourth-order valence-electron chi connectivity index (χ4n) is 4.00. The third-order valence-corrected chi connectivity index (χ3v) is 5.61. The van der Waals surface area contributed by atoms with E-state index in [0.29, 0.717) is 40.6 Å². The topological polar surface area (TPSA) is 98.5 Å². The molecule has 0 aliphatic carbocycles. The molecule has 0 spiro atoms. The molecule has 31 heavy (non-hydrogen) atoms. The highest BCUT2D eigenvalue weighted by Crippen LogP contribution is 2.39. The highest BCUT2D eigenvalue weighted by Gasteiger charge is 2.28. The molecule has 7 heteroatoms. The van der Waals surface area contributed by atoms with E-state index in [2.05, 4.69) is 6.07 Å². The van der Waals surface area contributed by atoms with E-state index in [4.69, 9.17) is 19.9 Å². The summed E-state index contributed by atoms with van der Waals surface area (Å²) in [7, 11) is 4.55. The lowest BCUT2D eigenvalue weighted by Gasteiger charge is -2.22. The molecule has 0 saturated heterocycles. The van der Waals surface area contributed by atoms with Gasteiger partial charge in [0.2, 0.25) is 0 Å². The summed E-state index contributed by atoms with van der Waals surface area (Å²) in [5.74, 6) is 1.30. The predicted octanol–water partition coefficient (Wildman–Crippen LogP) is 3.12. The van der Waals surface area contributed by atoms with Crippen LogP contribution in [0.3, 0.4) is 0 Å². The van der Waals surface area contributed by atoms with Crippen LogP contribution in [-0.4, -0.2) is 27.3 Å². The molecule has 0 fully saturated rings. The van der Waals surface area contributed by atoms with Gasteiger partial charge in [-0.15, -0.1) is 0 Å². The third-order valence-electron chi connectivity index (χ3n) is 5.61. The van der Waals surface area contributed by atoms with Crippen LogP contribution in [0.5, 0.6) is 11.5 Å². The maximum atomic E-state index is 11.8. The van der Waals surface area contributed by atoms with E-state index < -0.39 is 5.97 Å². The molecule has 1 aliphatic heterocycles. The van der Waals surface area contributed by atoms with Crippen molar-refractivity contribution >= 4 is 11.8 Å². The number of nitrogens with zero attached hydrogens (tertiary/aromatic N) is 2. The van der Waals surface area contributed by atoms with Crippen molar-refractivity contribution in [2.24, 2.45) is 0 Å². The SMILES string of the molecule is COC(=O)c1ccc(-c2cc3[n+](c(N)c2C#N)CCc2cc(OC)c(OC)cc2-3)cc1. The molecule has 1 aliphatic rings. The summed E-state index contributed by atoms with van der Waals surface area (Å²) in [6.07, 6.45) is 0.760. The van der Waals surface area contributed by atoms with Gasteiger partial charge in [-0.2, -0.15) is 5.26 Å². The number of methoxy groups -OCH3 is 3. The molecule has 0 amide bonds. The summed E-state index contributed by atoms with van der Waals surface area (Å²) < 4.78 is 17.7. The molecule has 156 valence electrons. The molecule has 2 heterocycles. The number of esters is 1. The van der Waals surface area contributed by atoms with Crippen LogP contribution in [0, 0.1) is 11.3 Å². The molecule has 0 radical (unpaired) electrons. The van der Waals surface area contributed by atoms with E-state index >= 15 is 0 Å². The smallest absolute Gasteiger partial charge is 0.337 e. The van der Waals surface area contributed by atoms with Crippen LogP contribution in [0.25, 0.3) is 22.4 Å². The normalized spacial score (nSPS) is 11.7. The Morgan fingerprint density at radius 2 is 1.71 bits per heavy atom. The Hall–Kier alpha value is -4.05. The van der Waals surface area contributed by atoms with Crippen molar-refractivity contribution in [1.29, 1.82) is 5.26 Å². The van der Waals surface area contributed by atoms with Gasteiger partial charge in [0.15, 0.2) is 11.5 Å². The average molecular weight is 416 g/mol. The first kappa shape index (κ1) is 20.2. The van der Waals surface area contributed by atoms with E-state index in [1.54, 1.807) is 38.5 Å². The van der Waals surface area contributed by atoms with Crippen molar-refractivity contribution in [2.45, 2.75) is 13.0 Å². The molecule has 4 rings (SSSR count). The van der Waals surface area contributed by atoms with E-state index in [0.717, 1.165) is 28.8 Å². The number of aromatic nitrogens is 1.